The molecule has 0 fully saturated rings. The summed E-state index contributed by atoms with van der Waals surface area (Å²) in [6.45, 7) is 9.65. The fourth-order valence-corrected chi connectivity index (χ4v) is 16.5. The van der Waals surface area contributed by atoms with Crippen molar-refractivity contribution in [3.8, 4) is 78.1 Å². The molecule has 462 valence electrons. The van der Waals surface area contributed by atoms with Gasteiger partial charge in [-0.2, -0.15) is 0 Å². The molecule has 0 unspecified atom stereocenters. The molecule has 2 nitrogen and oxygen atoms in total. The zero-order valence-electron chi connectivity index (χ0n) is 55.2. The summed E-state index contributed by atoms with van der Waals surface area (Å²) in [5, 5.41) is 10.0. The van der Waals surface area contributed by atoms with E-state index in [0.29, 0.717) is 0 Å². The number of rotatable bonds is 10. The van der Waals surface area contributed by atoms with Crippen LogP contribution in [0.4, 0.5) is 0 Å². The Morgan fingerprint density at radius 2 is 0.500 bits per heavy atom. The van der Waals surface area contributed by atoms with Gasteiger partial charge in [-0.15, -0.1) is 0 Å². The normalized spacial score (nSPS) is 13.6. The molecule has 0 amide bonds. The number of para-hydroxylation sites is 2. The van der Waals surface area contributed by atoms with E-state index in [1.54, 1.807) is 0 Å². The average molecular weight is 1250 g/mol. The molecule has 2 aromatic heterocycles. The highest BCUT2D eigenvalue weighted by molar-refractivity contribution is 6.13. The van der Waals surface area contributed by atoms with Crippen LogP contribution in [0, 0.1) is 0 Å². The summed E-state index contributed by atoms with van der Waals surface area (Å²) in [5.41, 5.74) is 32.4. The number of hydrogen-bond donors (Lipinski definition) is 0. The van der Waals surface area contributed by atoms with Crippen molar-refractivity contribution in [2.24, 2.45) is 0 Å². The largest absolute Gasteiger partial charge is 0.309 e. The summed E-state index contributed by atoms with van der Waals surface area (Å²) in [7, 11) is 0. The highest BCUT2D eigenvalue weighted by Gasteiger charge is 2.42. The third-order valence-electron chi connectivity index (χ3n) is 21.7. The van der Waals surface area contributed by atoms with Gasteiger partial charge in [0.25, 0.3) is 0 Å². The van der Waals surface area contributed by atoms with Gasteiger partial charge in [0.15, 0.2) is 0 Å². The first kappa shape index (κ1) is 57.4. The van der Waals surface area contributed by atoms with Crippen molar-refractivity contribution in [1.29, 1.82) is 0 Å². The lowest BCUT2D eigenvalue weighted by atomic mass is 9.79. The van der Waals surface area contributed by atoms with E-state index in [1.807, 2.05) is 0 Å². The molecule has 0 N–H and O–H groups in total. The first-order valence-electron chi connectivity index (χ1n) is 34.4. The molecule has 2 heteroatoms. The third kappa shape index (κ3) is 9.23. The van der Waals surface area contributed by atoms with Crippen LogP contribution in [0.2, 0.25) is 0 Å². The lowest BCUT2D eigenvalue weighted by molar-refractivity contribution is 0.652. The van der Waals surface area contributed by atoms with Crippen molar-refractivity contribution in [2.75, 3.05) is 0 Å². The molecule has 17 aromatic rings. The van der Waals surface area contributed by atoms with Crippen molar-refractivity contribution in [1.82, 2.24) is 9.13 Å². The molecular formula is C96H68N2. The molecule has 0 atom stereocenters. The number of aromatic nitrogens is 2. The topological polar surface area (TPSA) is 9.86 Å². The molecule has 15 aromatic carbocycles. The second-order valence-electron chi connectivity index (χ2n) is 28.0. The Labute approximate surface area is 571 Å². The highest BCUT2D eigenvalue weighted by atomic mass is 15.0. The van der Waals surface area contributed by atoms with Gasteiger partial charge in [-0.25, -0.2) is 0 Å². The van der Waals surface area contributed by atoms with E-state index in [2.05, 4.69) is 377 Å². The molecule has 19 rings (SSSR count). The summed E-state index contributed by atoms with van der Waals surface area (Å²) in [6, 6.07) is 117. The van der Waals surface area contributed by atoms with Crippen molar-refractivity contribution < 1.29 is 0 Å². The maximum Gasteiger partial charge on any atom is 0.0541 e. The van der Waals surface area contributed by atoms with Crippen LogP contribution in [0.15, 0.2) is 315 Å². The van der Waals surface area contributed by atoms with E-state index in [0.717, 1.165) is 0 Å². The van der Waals surface area contributed by atoms with E-state index in [9.17, 15) is 0 Å². The molecule has 0 saturated heterocycles. The number of hydrogen-bond acceptors (Lipinski definition) is 0. The SMILES string of the molecule is CC1(C)c2cc(-c3ccc(/C=C/c4ccc(-c5ccc6c(c5)c5ccccc5n6-c5cccc6ccccc56)cc4)cc3)ccc2-c2cc3c(cc21)-c1ccc(-c2ccc(/C=C/c4ccc(-c5ccc6c(c5)c5ccccc5n6-c5cccc6ccccc56)cc4)cc2)cc1C3(C)C. The first-order chi connectivity index (χ1) is 48.1. The van der Waals surface area contributed by atoms with Crippen LogP contribution in [0.25, 0.3) is 168 Å². The van der Waals surface area contributed by atoms with E-state index < -0.39 is 0 Å². The lowest BCUT2D eigenvalue weighted by Gasteiger charge is -2.24. The smallest absolute Gasteiger partial charge is 0.0541 e. The van der Waals surface area contributed by atoms with Gasteiger partial charge in [-0.3, -0.25) is 0 Å². The Kier molecular flexibility index (Phi) is 13.0. The minimum atomic E-state index is -0.161. The molecule has 0 radical (unpaired) electrons. The number of fused-ring (bicyclic) bond motifs is 14. The number of nitrogens with zero attached hydrogens (tertiary/aromatic N) is 2. The van der Waals surface area contributed by atoms with Gasteiger partial charge >= 0.3 is 0 Å². The zero-order valence-corrected chi connectivity index (χ0v) is 55.2. The van der Waals surface area contributed by atoms with E-state index >= 15 is 0 Å². The summed E-state index contributed by atoms with van der Waals surface area (Å²) < 4.78 is 4.85. The van der Waals surface area contributed by atoms with Gasteiger partial charge in [0.1, 0.15) is 0 Å². The van der Waals surface area contributed by atoms with E-state index in [4.69, 9.17) is 0 Å². The summed E-state index contributed by atoms with van der Waals surface area (Å²) >= 11 is 0. The Hall–Kier alpha value is -12.1. The molecule has 0 aliphatic heterocycles. The van der Waals surface area contributed by atoms with E-state index in [-0.39, 0.29) is 10.8 Å². The molecule has 2 heterocycles. The van der Waals surface area contributed by atoms with Crippen LogP contribution < -0.4 is 0 Å². The summed E-state index contributed by atoms with van der Waals surface area (Å²) in [6.07, 6.45) is 8.89. The fraction of sp³-hybridized carbons (Fsp3) is 0.0625. The van der Waals surface area contributed by atoms with Crippen LogP contribution >= 0.6 is 0 Å². The van der Waals surface area contributed by atoms with Gasteiger partial charge in [-0.1, -0.05) is 295 Å². The maximum atomic E-state index is 2.53. The van der Waals surface area contributed by atoms with Gasteiger partial charge in [0, 0.05) is 43.1 Å². The minimum Gasteiger partial charge on any atom is -0.309 e. The third-order valence-corrected chi connectivity index (χ3v) is 21.7. The Morgan fingerprint density at radius 1 is 0.214 bits per heavy atom. The van der Waals surface area contributed by atoms with Crippen molar-refractivity contribution >= 4 is 89.5 Å². The standard InChI is InChI=1S/C96H68N2/c1-95(2)85-57-73(67-43-35-63(36-44-67)29-27-61-31-39-65(40-32-61)71-49-53-93-83(55-71)79-21-9-11-23-91(79)97(93)89-25-13-17-69-15-5-7-19-75(69)89)47-51-77(85)81-60-88-82(59-87(81)95)78-52-48-74(58-86(78)96(88,3)4)68-45-37-64(38-46-68)30-28-62-33-41-66(42-34-62)72-50-54-94-84(56-72)80-22-10-12-24-92(80)98(94)90-26-14-18-70-16-6-8-20-76(70)90/h5-60H,1-4H3/b29-27+,30-28+. The van der Waals surface area contributed by atoms with E-state index in [1.165, 1.54) is 188 Å². The summed E-state index contributed by atoms with van der Waals surface area (Å²) in [5.74, 6) is 0. The Balaban J connectivity index is 0.523. The predicted octanol–water partition coefficient (Wildman–Crippen LogP) is 25.8. The highest BCUT2D eigenvalue weighted by Crippen LogP contribution is 2.57. The first-order valence-corrected chi connectivity index (χ1v) is 34.4. The minimum absolute atomic E-state index is 0.161. The monoisotopic (exact) mass is 1250 g/mol. The quantitative estimate of drug-likeness (QED) is 0.121. The molecule has 0 spiro atoms. The summed E-state index contributed by atoms with van der Waals surface area (Å²) in [4.78, 5) is 0. The molecule has 98 heavy (non-hydrogen) atoms. The lowest BCUT2D eigenvalue weighted by Crippen LogP contribution is -2.17. The van der Waals surface area contributed by atoms with Crippen molar-refractivity contribution in [2.45, 2.75) is 38.5 Å². The fourth-order valence-electron chi connectivity index (χ4n) is 16.5. The molecule has 0 saturated carbocycles. The number of benzene rings is 15. The Morgan fingerprint density at radius 3 is 0.878 bits per heavy atom. The second-order valence-corrected chi connectivity index (χ2v) is 28.0. The van der Waals surface area contributed by atoms with Gasteiger partial charge in [0.2, 0.25) is 0 Å². The van der Waals surface area contributed by atoms with Crippen LogP contribution in [-0.4, -0.2) is 9.13 Å². The molecular weight excluding hydrogens is 1180 g/mol. The van der Waals surface area contributed by atoms with Crippen LogP contribution in [-0.2, 0) is 10.8 Å². The predicted molar refractivity (Wildman–Crippen MR) is 418 cm³/mol. The van der Waals surface area contributed by atoms with Crippen molar-refractivity contribution in [3.63, 3.8) is 0 Å². The average Bonchev–Trinajstić information content (AvgIpc) is 1.61. The second kappa shape index (κ2) is 22.2. The zero-order chi connectivity index (χ0) is 65.4. The Bertz CT molecular complexity index is 5790. The van der Waals surface area contributed by atoms with Crippen LogP contribution in [0.3, 0.4) is 0 Å². The molecule has 2 aliphatic rings. The molecule has 0 bridgehead atoms. The van der Waals surface area contributed by atoms with Crippen LogP contribution in [0.5, 0.6) is 0 Å². The van der Waals surface area contributed by atoms with Crippen LogP contribution in [0.1, 0.15) is 72.2 Å². The van der Waals surface area contributed by atoms with Crippen molar-refractivity contribution in [3.05, 3.63) is 360 Å². The maximum absolute atomic E-state index is 2.53. The van der Waals surface area contributed by atoms with Gasteiger partial charge in [0.05, 0.1) is 33.4 Å². The van der Waals surface area contributed by atoms with Gasteiger partial charge < -0.3 is 9.13 Å². The van der Waals surface area contributed by atoms with Gasteiger partial charge in [-0.05, 0) is 195 Å². The molecule has 2 aliphatic carbocycles.